The number of rotatable bonds is 0. The number of hydrogen-bond acceptors (Lipinski definition) is 1. The van der Waals surface area contributed by atoms with Gasteiger partial charge in [0.1, 0.15) is 0 Å². The number of para-hydroxylation sites is 2. The summed E-state index contributed by atoms with van der Waals surface area (Å²) in [5.74, 6) is 0.935. The summed E-state index contributed by atoms with van der Waals surface area (Å²) >= 11 is 0. The van der Waals surface area contributed by atoms with Crippen molar-refractivity contribution in [2.24, 2.45) is 0 Å². The molecule has 3 heterocycles. The minimum atomic E-state index is 0.935. The van der Waals surface area contributed by atoms with E-state index in [0.717, 1.165) is 17.0 Å². The molecule has 0 amide bonds. The van der Waals surface area contributed by atoms with Gasteiger partial charge < -0.3 is 8.98 Å². The van der Waals surface area contributed by atoms with Crippen molar-refractivity contribution in [1.82, 2.24) is 4.57 Å². The van der Waals surface area contributed by atoms with Gasteiger partial charge >= 0.3 is 0 Å². The van der Waals surface area contributed by atoms with Gasteiger partial charge in [0.25, 0.3) is 0 Å². The third kappa shape index (κ3) is 1.32. The highest BCUT2D eigenvalue weighted by Crippen LogP contribution is 2.46. The molecule has 2 heteroatoms. The Morgan fingerprint density at radius 1 is 0.625 bits per heavy atom. The highest BCUT2D eigenvalue weighted by Gasteiger charge is 2.25. The molecule has 5 aromatic rings. The van der Waals surface area contributed by atoms with Crippen LogP contribution in [0.3, 0.4) is 0 Å². The van der Waals surface area contributed by atoms with E-state index in [1.165, 1.54) is 32.9 Å². The molecule has 0 N–H and O–H groups in total. The molecular formula is C22H13NO. The third-order valence-electron chi connectivity index (χ3n) is 5.04. The Kier molecular flexibility index (Phi) is 2.12. The monoisotopic (exact) mass is 307 g/mol. The topological polar surface area (TPSA) is 18.1 Å². The van der Waals surface area contributed by atoms with Gasteiger partial charge in [-0.25, -0.2) is 0 Å². The summed E-state index contributed by atoms with van der Waals surface area (Å²) in [6, 6.07) is 25.7. The quantitative estimate of drug-likeness (QED) is 0.335. The zero-order valence-corrected chi connectivity index (χ0v) is 12.9. The summed E-state index contributed by atoms with van der Waals surface area (Å²) in [7, 11) is 0. The molecule has 2 nitrogen and oxygen atoms in total. The fourth-order valence-corrected chi connectivity index (χ4v) is 4.08. The zero-order valence-electron chi connectivity index (χ0n) is 12.9. The SMILES string of the molecule is c1ccc2c(c1)-c1occc1-n1c3ccccc3c3cccc-2c31. The first-order valence-electron chi connectivity index (χ1n) is 8.13. The maximum Gasteiger partial charge on any atom is 0.158 e. The van der Waals surface area contributed by atoms with Crippen LogP contribution in [0.2, 0.25) is 0 Å². The molecule has 0 saturated carbocycles. The molecule has 1 aliphatic heterocycles. The van der Waals surface area contributed by atoms with E-state index in [4.69, 9.17) is 4.42 Å². The van der Waals surface area contributed by atoms with Gasteiger partial charge in [0.2, 0.25) is 0 Å². The van der Waals surface area contributed by atoms with Crippen molar-refractivity contribution in [3.8, 4) is 28.1 Å². The highest BCUT2D eigenvalue weighted by molar-refractivity contribution is 6.15. The smallest absolute Gasteiger partial charge is 0.158 e. The molecule has 0 radical (unpaired) electrons. The van der Waals surface area contributed by atoms with Gasteiger partial charge in [-0.05, 0) is 11.6 Å². The second-order valence-corrected chi connectivity index (χ2v) is 6.23. The molecule has 0 aliphatic carbocycles. The average molecular weight is 307 g/mol. The van der Waals surface area contributed by atoms with Gasteiger partial charge in [0, 0.05) is 28.0 Å². The van der Waals surface area contributed by atoms with Crippen LogP contribution >= 0.6 is 0 Å². The number of benzene rings is 3. The highest BCUT2D eigenvalue weighted by atomic mass is 16.3. The van der Waals surface area contributed by atoms with Crippen molar-refractivity contribution in [2.45, 2.75) is 0 Å². The molecule has 1 aliphatic rings. The second kappa shape index (κ2) is 4.18. The van der Waals surface area contributed by atoms with Crippen LogP contribution in [-0.4, -0.2) is 4.57 Å². The standard InChI is InChI=1S/C22H13NO/c1-2-8-18-14(6-1)16-9-5-10-17-15-7-3-4-11-19(15)23(21(16)17)20-12-13-24-22(18)20/h1-13H. The normalized spacial score (nSPS) is 12.2. The van der Waals surface area contributed by atoms with E-state index in [2.05, 4.69) is 77.4 Å². The van der Waals surface area contributed by atoms with Crippen LogP contribution in [0.1, 0.15) is 0 Å². The van der Waals surface area contributed by atoms with Crippen LogP contribution in [-0.2, 0) is 0 Å². The summed E-state index contributed by atoms with van der Waals surface area (Å²) < 4.78 is 8.27. The number of nitrogens with zero attached hydrogens (tertiary/aromatic N) is 1. The second-order valence-electron chi connectivity index (χ2n) is 6.23. The molecule has 6 rings (SSSR count). The fraction of sp³-hybridized carbons (Fsp3) is 0. The van der Waals surface area contributed by atoms with E-state index >= 15 is 0 Å². The predicted molar refractivity (Wildman–Crippen MR) is 97.5 cm³/mol. The first kappa shape index (κ1) is 12.2. The van der Waals surface area contributed by atoms with Crippen LogP contribution in [0.15, 0.2) is 83.5 Å². The van der Waals surface area contributed by atoms with E-state index in [9.17, 15) is 0 Å². The third-order valence-corrected chi connectivity index (χ3v) is 5.04. The lowest BCUT2D eigenvalue weighted by Gasteiger charge is -2.07. The van der Waals surface area contributed by atoms with Crippen molar-refractivity contribution < 1.29 is 4.42 Å². The maximum absolute atomic E-state index is 5.92. The van der Waals surface area contributed by atoms with Crippen molar-refractivity contribution in [3.05, 3.63) is 79.1 Å². The van der Waals surface area contributed by atoms with E-state index < -0.39 is 0 Å². The largest absolute Gasteiger partial charge is 0.462 e. The van der Waals surface area contributed by atoms with Crippen molar-refractivity contribution in [3.63, 3.8) is 0 Å². The number of fused-ring (bicyclic) bond motifs is 8. The Bertz CT molecular complexity index is 1260. The van der Waals surface area contributed by atoms with Gasteiger partial charge in [0.15, 0.2) is 5.76 Å². The van der Waals surface area contributed by atoms with E-state index in [0.29, 0.717) is 0 Å². The fourth-order valence-electron chi connectivity index (χ4n) is 4.08. The molecule has 2 aromatic heterocycles. The van der Waals surface area contributed by atoms with Gasteiger partial charge in [0.05, 0.1) is 23.0 Å². The number of furan rings is 1. The van der Waals surface area contributed by atoms with Crippen molar-refractivity contribution >= 4 is 21.8 Å². The summed E-state index contributed by atoms with van der Waals surface area (Å²) in [6.45, 7) is 0. The lowest BCUT2D eigenvalue weighted by atomic mass is 9.97. The van der Waals surface area contributed by atoms with E-state index in [1.807, 2.05) is 0 Å². The van der Waals surface area contributed by atoms with Crippen LogP contribution in [0.5, 0.6) is 0 Å². The number of aromatic nitrogens is 1. The van der Waals surface area contributed by atoms with E-state index in [1.54, 1.807) is 6.26 Å². The first-order chi connectivity index (χ1) is 11.9. The first-order valence-corrected chi connectivity index (χ1v) is 8.13. The molecule has 0 fully saturated rings. The summed E-state index contributed by atoms with van der Waals surface area (Å²) in [5, 5.41) is 2.56. The lowest BCUT2D eigenvalue weighted by Crippen LogP contribution is -1.92. The minimum absolute atomic E-state index is 0.935. The van der Waals surface area contributed by atoms with Gasteiger partial charge in [-0.3, -0.25) is 0 Å². The van der Waals surface area contributed by atoms with Crippen molar-refractivity contribution in [2.75, 3.05) is 0 Å². The summed E-state index contributed by atoms with van der Waals surface area (Å²) in [6.07, 6.45) is 1.79. The Morgan fingerprint density at radius 3 is 2.33 bits per heavy atom. The van der Waals surface area contributed by atoms with Crippen LogP contribution in [0.25, 0.3) is 49.9 Å². The summed E-state index contributed by atoms with van der Waals surface area (Å²) in [4.78, 5) is 0. The van der Waals surface area contributed by atoms with Crippen molar-refractivity contribution in [1.29, 1.82) is 0 Å². The minimum Gasteiger partial charge on any atom is -0.462 e. The Balaban J connectivity index is 1.99. The molecule has 112 valence electrons. The van der Waals surface area contributed by atoms with Gasteiger partial charge in [-0.2, -0.15) is 0 Å². The van der Waals surface area contributed by atoms with E-state index in [-0.39, 0.29) is 0 Å². The van der Waals surface area contributed by atoms with Crippen LogP contribution < -0.4 is 0 Å². The molecule has 0 saturated heterocycles. The van der Waals surface area contributed by atoms with Crippen LogP contribution in [0.4, 0.5) is 0 Å². The molecule has 0 atom stereocenters. The molecule has 24 heavy (non-hydrogen) atoms. The Hall–Kier alpha value is -3.26. The van der Waals surface area contributed by atoms with Gasteiger partial charge in [-0.1, -0.05) is 60.7 Å². The average Bonchev–Trinajstić information content (AvgIpc) is 3.21. The Morgan fingerprint density at radius 2 is 1.38 bits per heavy atom. The predicted octanol–water partition coefficient (Wildman–Crippen LogP) is 6.02. The molecular weight excluding hydrogens is 294 g/mol. The maximum atomic E-state index is 5.92. The zero-order chi connectivity index (χ0) is 15.7. The molecule has 0 unspecified atom stereocenters. The number of hydrogen-bond donors (Lipinski definition) is 0. The van der Waals surface area contributed by atoms with Gasteiger partial charge in [-0.15, -0.1) is 0 Å². The lowest BCUT2D eigenvalue weighted by molar-refractivity contribution is 0.581. The molecule has 0 spiro atoms. The molecule has 3 aromatic carbocycles. The molecule has 0 bridgehead atoms. The van der Waals surface area contributed by atoms with Crippen LogP contribution in [0, 0.1) is 0 Å². The summed E-state index contributed by atoms with van der Waals surface area (Å²) in [5.41, 5.74) is 7.21. The Labute approximate surface area is 138 Å².